The highest BCUT2D eigenvalue weighted by atomic mass is 32.2. The lowest BCUT2D eigenvalue weighted by molar-refractivity contribution is -0.140. The van der Waals surface area contributed by atoms with E-state index in [1.54, 1.807) is 12.1 Å². The summed E-state index contributed by atoms with van der Waals surface area (Å²) in [5.74, 6) is -0.329. The molecule has 0 bridgehead atoms. The van der Waals surface area contributed by atoms with E-state index in [0.29, 0.717) is 18.7 Å². The molecule has 0 aliphatic rings. The molecule has 2 rings (SSSR count). The second-order valence-electron chi connectivity index (χ2n) is 9.99. The predicted molar refractivity (Wildman–Crippen MR) is 146 cm³/mol. The van der Waals surface area contributed by atoms with Crippen molar-refractivity contribution in [3.8, 4) is 0 Å². The molecule has 0 saturated heterocycles. The first kappa shape index (κ1) is 29.4. The second-order valence-corrected chi connectivity index (χ2v) is 11.9. The summed E-state index contributed by atoms with van der Waals surface area (Å²) in [7, 11) is -3.77. The summed E-state index contributed by atoms with van der Waals surface area (Å²) in [5, 5.41) is 2.94. The van der Waals surface area contributed by atoms with Crippen molar-refractivity contribution in [2.24, 2.45) is 5.92 Å². The van der Waals surface area contributed by atoms with Crippen LogP contribution in [0.15, 0.2) is 48.5 Å². The van der Waals surface area contributed by atoms with Gasteiger partial charge >= 0.3 is 0 Å². The number of carbonyl (C=O) groups excluding carboxylic acids is 2. The summed E-state index contributed by atoms with van der Waals surface area (Å²) in [5.41, 5.74) is 3.23. The highest BCUT2D eigenvalue weighted by Gasteiger charge is 2.32. The predicted octanol–water partition coefficient (Wildman–Crippen LogP) is 4.46. The molecule has 0 saturated carbocycles. The zero-order valence-electron chi connectivity index (χ0n) is 22.6. The molecule has 0 aromatic heterocycles. The maximum atomic E-state index is 13.9. The van der Waals surface area contributed by atoms with Gasteiger partial charge in [-0.25, -0.2) is 8.42 Å². The average Bonchev–Trinajstić information content (AvgIpc) is 2.81. The molecule has 8 heteroatoms. The number of nitrogens with zero attached hydrogens (tertiary/aromatic N) is 2. The number of anilines is 1. The summed E-state index contributed by atoms with van der Waals surface area (Å²) < 4.78 is 27.0. The SMILES string of the molecule is CC[C@@H](C(=O)NCC(C)C)N(Cc1ccccc1C)C(=O)CN(c1ccccc1C(C)C)S(C)(=O)=O. The third-order valence-corrected chi connectivity index (χ3v) is 7.31. The maximum Gasteiger partial charge on any atom is 0.244 e. The third kappa shape index (κ3) is 7.82. The van der Waals surface area contributed by atoms with Gasteiger partial charge in [-0.2, -0.15) is 0 Å². The Hall–Kier alpha value is -2.87. The molecule has 0 unspecified atom stereocenters. The Kier molecular flexibility index (Phi) is 10.5. The third-order valence-electron chi connectivity index (χ3n) is 6.18. The number of amides is 2. The van der Waals surface area contributed by atoms with Crippen molar-refractivity contribution in [1.29, 1.82) is 0 Å². The van der Waals surface area contributed by atoms with Gasteiger partial charge in [-0.3, -0.25) is 13.9 Å². The van der Waals surface area contributed by atoms with E-state index in [0.717, 1.165) is 27.3 Å². The Morgan fingerprint density at radius 3 is 2.14 bits per heavy atom. The Morgan fingerprint density at radius 1 is 0.972 bits per heavy atom. The Bertz CT molecular complexity index is 1140. The lowest BCUT2D eigenvalue weighted by Gasteiger charge is -2.34. The van der Waals surface area contributed by atoms with Crippen molar-refractivity contribution in [3.63, 3.8) is 0 Å². The largest absolute Gasteiger partial charge is 0.354 e. The number of hydrogen-bond donors (Lipinski definition) is 1. The van der Waals surface area contributed by atoms with Crippen molar-refractivity contribution in [1.82, 2.24) is 10.2 Å². The molecule has 0 aliphatic heterocycles. The van der Waals surface area contributed by atoms with Crippen LogP contribution in [0, 0.1) is 12.8 Å². The molecule has 0 spiro atoms. The number of hydrogen-bond acceptors (Lipinski definition) is 4. The molecular weight excluding hydrogens is 474 g/mol. The molecule has 7 nitrogen and oxygen atoms in total. The first-order valence-electron chi connectivity index (χ1n) is 12.5. The van der Waals surface area contributed by atoms with Crippen LogP contribution in [-0.2, 0) is 26.2 Å². The minimum Gasteiger partial charge on any atom is -0.354 e. The van der Waals surface area contributed by atoms with Crippen molar-refractivity contribution < 1.29 is 18.0 Å². The molecule has 1 N–H and O–H groups in total. The van der Waals surface area contributed by atoms with Gasteiger partial charge in [-0.05, 0) is 47.9 Å². The molecule has 2 aromatic rings. The summed E-state index contributed by atoms with van der Waals surface area (Å²) >= 11 is 0. The second kappa shape index (κ2) is 12.9. The number of rotatable bonds is 12. The molecular formula is C28H41N3O4S. The number of aryl methyl sites for hydroxylation is 1. The smallest absolute Gasteiger partial charge is 0.244 e. The van der Waals surface area contributed by atoms with Gasteiger partial charge in [-0.15, -0.1) is 0 Å². The number of sulfonamides is 1. The quantitative estimate of drug-likeness (QED) is 0.452. The molecule has 2 amide bonds. The molecule has 2 aromatic carbocycles. The van der Waals surface area contributed by atoms with Crippen LogP contribution >= 0.6 is 0 Å². The van der Waals surface area contributed by atoms with Crippen LogP contribution in [0.25, 0.3) is 0 Å². The van der Waals surface area contributed by atoms with E-state index < -0.39 is 22.0 Å². The van der Waals surface area contributed by atoms with Gasteiger partial charge in [0.25, 0.3) is 0 Å². The van der Waals surface area contributed by atoms with E-state index in [1.165, 1.54) is 4.90 Å². The van der Waals surface area contributed by atoms with Gasteiger partial charge in [0, 0.05) is 13.1 Å². The van der Waals surface area contributed by atoms with E-state index >= 15 is 0 Å². The summed E-state index contributed by atoms with van der Waals surface area (Å²) in [4.78, 5) is 28.5. The van der Waals surface area contributed by atoms with Crippen LogP contribution in [-0.4, -0.2) is 50.5 Å². The highest BCUT2D eigenvalue weighted by molar-refractivity contribution is 7.92. The van der Waals surface area contributed by atoms with Crippen LogP contribution in [0.1, 0.15) is 63.6 Å². The summed E-state index contributed by atoms with van der Waals surface area (Å²) in [6.07, 6.45) is 1.51. The van der Waals surface area contributed by atoms with Crippen molar-refractivity contribution in [2.75, 3.05) is 23.7 Å². The maximum absolute atomic E-state index is 13.9. The van der Waals surface area contributed by atoms with Gasteiger partial charge in [0.15, 0.2) is 0 Å². The lowest BCUT2D eigenvalue weighted by Crippen LogP contribution is -2.52. The van der Waals surface area contributed by atoms with E-state index in [1.807, 2.05) is 77.9 Å². The topological polar surface area (TPSA) is 86.8 Å². The minimum atomic E-state index is -3.77. The fourth-order valence-corrected chi connectivity index (χ4v) is 4.98. The number of benzene rings is 2. The fourth-order valence-electron chi connectivity index (χ4n) is 4.11. The number of carbonyl (C=O) groups is 2. The molecule has 0 radical (unpaired) electrons. The standard InChI is InChI=1S/C28H41N3O4S/c1-8-25(28(33)29-17-20(2)3)30(18-23-14-10-9-13-22(23)6)27(32)19-31(36(7,34)35)26-16-12-11-15-24(26)21(4)5/h9-16,20-21,25H,8,17-19H2,1-7H3,(H,29,33)/t25-/m0/s1. The van der Waals surface area contributed by atoms with Gasteiger partial charge < -0.3 is 10.2 Å². The first-order chi connectivity index (χ1) is 16.9. The minimum absolute atomic E-state index is 0.0637. The van der Waals surface area contributed by atoms with Gasteiger partial charge in [0.2, 0.25) is 21.8 Å². The average molecular weight is 516 g/mol. The van der Waals surface area contributed by atoms with Gasteiger partial charge in [0.1, 0.15) is 12.6 Å². The number of para-hydroxylation sites is 1. The van der Waals surface area contributed by atoms with Crippen molar-refractivity contribution in [3.05, 3.63) is 65.2 Å². The molecule has 0 fully saturated rings. The fraction of sp³-hybridized carbons (Fsp3) is 0.500. The van der Waals surface area contributed by atoms with Gasteiger partial charge in [-0.1, -0.05) is 77.1 Å². The van der Waals surface area contributed by atoms with Crippen LogP contribution in [0.5, 0.6) is 0 Å². The zero-order valence-corrected chi connectivity index (χ0v) is 23.4. The first-order valence-corrected chi connectivity index (χ1v) is 14.4. The van der Waals surface area contributed by atoms with E-state index in [2.05, 4.69) is 5.32 Å². The lowest BCUT2D eigenvalue weighted by atomic mass is 10.0. The Labute approximate surface area is 216 Å². The molecule has 0 aliphatic carbocycles. The van der Waals surface area contributed by atoms with E-state index in [-0.39, 0.29) is 30.8 Å². The number of nitrogens with one attached hydrogen (secondary N) is 1. The Morgan fingerprint density at radius 2 is 1.58 bits per heavy atom. The van der Waals surface area contributed by atoms with Crippen LogP contribution in [0.3, 0.4) is 0 Å². The molecule has 1 atom stereocenters. The summed E-state index contributed by atoms with van der Waals surface area (Å²) in [6, 6.07) is 14.2. The van der Waals surface area contributed by atoms with Crippen molar-refractivity contribution >= 4 is 27.5 Å². The van der Waals surface area contributed by atoms with Crippen LogP contribution in [0.4, 0.5) is 5.69 Å². The highest BCUT2D eigenvalue weighted by Crippen LogP contribution is 2.29. The molecule has 198 valence electrons. The van der Waals surface area contributed by atoms with Crippen LogP contribution < -0.4 is 9.62 Å². The summed E-state index contributed by atoms with van der Waals surface area (Å²) in [6.45, 7) is 12.1. The monoisotopic (exact) mass is 515 g/mol. The zero-order chi connectivity index (χ0) is 27.0. The Balaban J connectivity index is 2.50. The molecule has 0 heterocycles. The van der Waals surface area contributed by atoms with Crippen molar-refractivity contribution in [2.45, 2.75) is 66.5 Å². The van der Waals surface area contributed by atoms with Gasteiger partial charge in [0.05, 0.1) is 11.9 Å². The normalized spacial score (nSPS) is 12.5. The molecule has 36 heavy (non-hydrogen) atoms. The van der Waals surface area contributed by atoms with Crippen LogP contribution in [0.2, 0.25) is 0 Å². The van der Waals surface area contributed by atoms with E-state index in [4.69, 9.17) is 0 Å². The van der Waals surface area contributed by atoms with E-state index in [9.17, 15) is 18.0 Å².